The van der Waals surface area contributed by atoms with E-state index in [1.54, 1.807) is 0 Å². The summed E-state index contributed by atoms with van der Waals surface area (Å²) in [6, 6.07) is 17.7. The van der Waals surface area contributed by atoms with Gasteiger partial charge in [0.25, 0.3) is 0 Å². The van der Waals surface area contributed by atoms with E-state index in [-0.39, 0.29) is 5.78 Å². The molecular formula is C17H15NO. The standard InChI is InChI=1S/C17H15NO/c1-12(18-14-8-3-2-4-9-14)16-11-13-7-5-6-10-15(13)17(16)19/h2-10,18H,11H2,1H3/b16-12-. The number of carbonyl (C=O) groups excluding carboxylic acids is 1. The lowest BCUT2D eigenvalue weighted by molar-refractivity contribution is 0.103. The molecule has 0 fully saturated rings. The lowest BCUT2D eigenvalue weighted by Crippen LogP contribution is -2.05. The SMILES string of the molecule is C/C(Nc1ccccc1)=C1\Cc2ccccc2C1=O. The normalized spacial score (nSPS) is 16.2. The van der Waals surface area contributed by atoms with Crippen LogP contribution in [0.2, 0.25) is 0 Å². The largest absolute Gasteiger partial charge is 0.359 e. The highest BCUT2D eigenvalue weighted by Gasteiger charge is 2.25. The van der Waals surface area contributed by atoms with Crippen LogP contribution in [0.3, 0.4) is 0 Å². The summed E-state index contributed by atoms with van der Waals surface area (Å²) < 4.78 is 0. The van der Waals surface area contributed by atoms with E-state index in [1.807, 2.05) is 61.5 Å². The van der Waals surface area contributed by atoms with Crippen LogP contribution in [0.4, 0.5) is 5.69 Å². The molecule has 0 aliphatic heterocycles. The van der Waals surface area contributed by atoms with Gasteiger partial charge in [0.05, 0.1) is 0 Å². The van der Waals surface area contributed by atoms with Gasteiger partial charge in [-0.1, -0.05) is 42.5 Å². The summed E-state index contributed by atoms with van der Waals surface area (Å²) in [6.45, 7) is 1.96. The van der Waals surface area contributed by atoms with Gasteiger partial charge in [0.2, 0.25) is 0 Å². The lowest BCUT2D eigenvalue weighted by Gasteiger charge is -2.09. The van der Waals surface area contributed by atoms with Crippen LogP contribution in [0, 0.1) is 0 Å². The van der Waals surface area contributed by atoms with E-state index in [4.69, 9.17) is 0 Å². The first-order chi connectivity index (χ1) is 9.25. The summed E-state index contributed by atoms with van der Waals surface area (Å²) in [4.78, 5) is 12.3. The second-order valence-corrected chi connectivity index (χ2v) is 4.76. The predicted molar refractivity (Wildman–Crippen MR) is 77.2 cm³/mol. The van der Waals surface area contributed by atoms with Gasteiger partial charge in [-0.15, -0.1) is 0 Å². The molecule has 2 heteroatoms. The fraction of sp³-hybridized carbons (Fsp3) is 0.118. The molecule has 0 bridgehead atoms. The maximum absolute atomic E-state index is 12.3. The number of allylic oxidation sites excluding steroid dienone is 2. The van der Waals surface area contributed by atoms with E-state index < -0.39 is 0 Å². The molecule has 0 atom stereocenters. The van der Waals surface area contributed by atoms with Crippen molar-refractivity contribution in [3.8, 4) is 0 Å². The van der Waals surface area contributed by atoms with Gasteiger partial charge in [0.15, 0.2) is 5.78 Å². The third kappa shape index (κ3) is 2.17. The molecule has 0 saturated carbocycles. The van der Waals surface area contributed by atoms with Crippen molar-refractivity contribution in [2.45, 2.75) is 13.3 Å². The number of hydrogen-bond acceptors (Lipinski definition) is 2. The third-order valence-electron chi connectivity index (χ3n) is 3.46. The Hall–Kier alpha value is -2.35. The highest BCUT2D eigenvalue weighted by Crippen LogP contribution is 2.28. The number of nitrogens with one attached hydrogen (secondary N) is 1. The second-order valence-electron chi connectivity index (χ2n) is 4.76. The van der Waals surface area contributed by atoms with Crippen LogP contribution in [-0.4, -0.2) is 5.78 Å². The molecule has 0 heterocycles. The molecule has 2 aromatic carbocycles. The van der Waals surface area contributed by atoms with E-state index in [9.17, 15) is 4.79 Å². The smallest absolute Gasteiger partial charge is 0.191 e. The molecule has 0 spiro atoms. The van der Waals surface area contributed by atoms with Gasteiger partial charge in [-0.05, 0) is 24.6 Å². The predicted octanol–water partition coefficient (Wildman–Crippen LogP) is 3.81. The Balaban J connectivity index is 1.91. The molecule has 0 radical (unpaired) electrons. The number of carbonyl (C=O) groups is 1. The van der Waals surface area contributed by atoms with Gasteiger partial charge >= 0.3 is 0 Å². The summed E-state index contributed by atoms with van der Waals surface area (Å²) in [6.07, 6.45) is 0.723. The van der Waals surface area contributed by atoms with Gasteiger partial charge < -0.3 is 5.32 Å². The molecule has 19 heavy (non-hydrogen) atoms. The number of anilines is 1. The Bertz CT molecular complexity index is 656. The number of Topliss-reactive ketones (excluding diaryl/α,β-unsaturated/α-hetero) is 1. The Morgan fingerprint density at radius 1 is 1.00 bits per heavy atom. The fourth-order valence-corrected chi connectivity index (χ4v) is 2.45. The Morgan fingerprint density at radius 3 is 2.42 bits per heavy atom. The summed E-state index contributed by atoms with van der Waals surface area (Å²) in [7, 11) is 0. The van der Waals surface area contributed by atoms with Crippen LogP contribution >= 0.6 is 0 Å². The van der Waals surface area contributed by atoms with Crippen molar-refractivity contribution in [1.82, 2.24) is 0 Å². The first kappa shape index (κ1) is 11.7. The Labute approximate surface area is 112 Å². The van der Waals surface area contributed by atoms with E-state index in [1.165, 1.54) is 0 Å². The summed E-state index contributed by atoms with van der Waals surface area (Å²) in [5, 5.41) is 3.31. The molecule has 94 valence electrons. The summed E-state index contributed by atoms with van der Waals surface area (Å²) in [5.41, 5.74) is 4.78. The molecule has 2 aromatic rings. The van der Waals surface area contributed by atoms with Crippen LogP contribution in [-0.2, 0) is 6.42 Å². The van der Waals surface area contributed by atoms with Crippen molar-refractivity contribution >= 4 is 11.5 Å². The van der Waals surface area contributed by atoms with Crippen molar-refractivity contribution in [1.29, 1.82) is 0 Å². The zero-order valence-electron chi connectivity index (χ0n) is 10.8. The first-order valence-electron chi connectivity index (χ1n) is 6.40. The van der Waals surface area contributed by atoms with E-state index in [2.05, 4.69) is 5.32 Å². The second kappa shape index (κ2) is 4.73. The molecule has 0 amide bonds. The van der Waals surface area contributed by atoms with Crippen molar-refractivity contribution in [3.05, 3.63) is 77.0 Å². The number of para-hydroxylation sites is 1. The van der Waals surface area contributed by atoms with Crippen molar-refractivity contribution in [2.75, 3.05) is 5.32 Å². The van der Waals surface area contributed by atoms with Crippen LogP contribution in [0.25, 0.3) is 0 Å². The average molecular weight is 249 g/mol. The maximum atomic E-state index is 12.3. The molecule has 0 unspecified atom stereocenters. The molecule has 1 aliphatic carbocycles. The van der Waals surface area contributed by atoms with E-state index in [0.717, 1.165) is 34.5 Å². The van der Waals surface area contributed by atoms with Gasteiger partial charge in [-0.2, -0.15) is 0 Å². The minimum absolute atomic E-state index is 0.150. The Kier molecular flexibility index (Phi) is 2.92. The number of benzene rings is 2. The number of fused-ring (bicyclic) bond motifs is 1. The maximum Gasteiger partial charge on any atom is 0.191 e. The summed E-state index contributed by atoms with van der Waals surface area (Å²) in [5.74, 6) is 0.150. The van der Waals surface area contributed by atoms with Crippen LogP contribution < -0.4 is 5.32 Å². The molecule has 2 nitrogen and oxygen atoms in total. The van der Waals surface area contributed by atoms with Crippen LogP contribution in [0.5, 0.6) is 0 Å². The van der Waals surface area contributed by atoms with Gasteiger partial charge in [0, 0.05) is 28.9 Å². The van der Waals surface area contributed by atoms with Crippen molar-refractivity contribution in [3.63, 3.8) is 0 Å². The quantitative estimate of drug-likeness (QED) is 0.820. The highest BCUT2D eigenvalue weighted by atomic mass is 16.1. The molecule has 3 rings (SSSR count). The molecular weight excluding hydrogens is 234 g/mol. The molecule has 0 aromatic heterocycles. The molecule has 1 N–H and O–H groups in total. The highest BCUT2D eigenvalue weighted by molar-refractivity contribution is 6.13. The lowest BCUT2D eigenvalue weighted by atomic mass is 10.1. The zero-order chi connectivity index (χ0) is 13.2. The van der Waals surface area contributed by atoms with Crippen LogP contribution in [0.1, 0.15) is 22.8 Å². The molecule has 1 aliphatic rings. The van der Waals surface area contributed by atoms with Crippen LogP contribution in [0.15, 0.2) is 65.9 Å². The summed E-state index contributed by atoms with van der Waals surface area (Å²) >= 11 is 0. The number of hydrogen-bond donors (Lipinski definition) is 1. The van der Waals surface area contributed by atoms with E-state index in [0.29, 0.717) is 0 Å². The third-order valence-corrected chi connectivity index (χ3v) is 3.46. The van der Waals surface area contributed by atoms with E-state index >= 15 is 0 Å². The topological polar surface area (TPSA) is 29.1 Å². The minimum Gasteiger partial charge on any atom is -0.359 e. The van der Waals surface area contributed by atoms with Crippen molar-refractivity contribution in [2.24, 2.45) is 0 Å². The van der Waals surface area contributed by atoms with Gasteiger partial charge in [-0.25, -0.2) is 0 Å². The Morgan fingerprint density at radius 2 is 1.68 bits per heavy atom. The number of rotatable bonds is 2. The number of ketones is 1. The minimum atomic E-state index is 0.150. The van der Waals surface area contributed by atoms with Crippen molar-refractivity contribution < 1.29 is 4.79 Å². The zero-order valence-corrected chi connectivity index (χ0v) is 10.8. The first-order valence-corrected chi connectivity index (χ1v) is 6.40. The molecule has 0 saturated heterocycles. The van der Waals surface area contributed by atoms with Gasteiger partial charge in [-0.3, -0.25) is 4.79 Å². The van der Waals surface area contributed by atoms with Gasteiger partial charge in [0.1, 0.15) is 0 Å². The fourth-order valence-electron chi connectivity index (χ4n) is 2.45. The average Bonchev–Trinajstić information content (AvgIpc) is 2.78. The monoisotopic (exact) mass is 249 g/mol.